The van der Waals surface area contributed by atoms with E-state index in [0.29, 0.717) is 0 Å². The molecule has 1 aliphatic carbocycles. The first-order valence-electron chi connectivity index (χ1n) is 5.80. The van der Waals surface area contributed by atoms with Crippen LogP contribution in [0.5, 0.6) is 0 Å². The molecular weight excluding hydrogens is 190 g/mol. The highest BCUT2D eigenvalue weighted by molar-refractivity contribution is 4.89. The van der Waals surface area contributed by atoms with E-state index in [1.54, 1.807) is 0 Å². The Bertz CT molecular complexity index is 305. The molecule has 0 amide bonds. The number of nitrogens with one attached hydrogen (secondary N) is 1. The number of tetrazole rings is 1. The Morgan fingerprint density at radius 1 is 1.53 bits per heavy atom. The fourth-order valence-electron chi connectivity index (χ4n) is 1.79. The lowest BCUT2D eigenvalue weighted by atomic mass is 10.2. The van der Waals surface area contributed by atoms with Gasteiger partial charge in [0.1, 0.15) is 0 Å². The summed E-state index contributed by atoms with van der Waals surface area (Å²) in [5, 5.41) is 15.2. The van der Waals surface area contributed by atoms with E-state index < -0.39 is 0 Å². The molecule has 1 atom stereocenters. The molecule has 0 bridgehead atoms. The molecule has 1 heterocycles. The van der Waals surface area contributed by atoms with Gasteiger partial charge in [0.2, 0.25) is 0 Å². The van der Waals surface area contributed by atoms with Crippen LogP contribution in [-0.4, -0.2) is 26.8 Å². The molecular formula is C10H19N5. The molecule has 1 N–H and O–H groups in total. The van der Waals surface area contributed by atoms with Gasteiger partial charge in [-0.3, -0.25) is 0 Å². The molecule has 0 radical (unpaired) electrons. The number of rotatable bonds is 6. The standard InChI is InChI=1S/C10H19N5/c1-3-11-8(2)10-12-13-14-15(10)7-6-9-4-5-9/h8-9,11H,3-7H2,1-2H3. The van der Waals surface area contributed by atoms with Crippen molar-refractivity contribution in [3.63, 3.8) is 0 Å². The number of hydrogen-bond donors (Lipinski definition) is 1. The monoisotopic (exact) mass is 209 g/mol. The predicted molar refractivity (Wildman–Crippen MR) is 57.2 cm³/mol. The van der Waals surface area contributed by atoms with Crippen molar-refractivity contribution < 1.29 is 0 Å². The van der Waals surface area contributed by atoms with E-state index >= 15 is 0 Å². The second-order valence-corrected chi connectivity index (χ2v) is 4.27. The van der Waals surface area contributed by atoms with Gasteiger partial charge in [0.15, 0.2) is 5.82 Å². The normalized spacial score (nSPS) is 18.0. The maximum absolute atomic E-state index is 4.07. The van der Waals surface area contributed by atoms with Gasteiger partial charge in [-0.15, -0.1) is 5.10 Å². The third kappa shape index (κ3) is 2.75. The van der Waals surface area contributed by atoms with Crippen LogP contribution < -0.4 is 5.32 Å². The summed E-state index contributed by atoms with van der Waals surface area (Å²) in [4.78, 5) is 0. The first-order chi connectivity index (χ1) is 7.31. The third-order valence-electron chi connectivity index (χ3n) is 2.90. The third-order valence-corrected chi connectivity index (χ3v) is 2.90. The van der Waals surface area contributed by atoms with Crippen molar-refractivity contribution in [3.05, 3.63) is 5.82 Å². The number of nitrogens with zero attached hydrogens (tertiary/aromatic N) is 4. The summed E-state index contributed by atoms with van der Waals surface area (Å²) < 4.78 is 1.94. The van der Waals surface area contributed by atoms with Gasteiger partial charge in [-0.1, -0.05) is 19.8 Å². The lowest BCUT2D eigenvalue weighted by Crippen LogP contribution is -2.22. The van der Waals surface area contributed by atoms with Crippen LogP contribution in [0.3, 0.4) is 0 Å². The molecule has 0 saturated heterocycles. The van der Waals surface area contributed by atoms with E-state index in [9.17, 15) is 0 Å². The molecule has 84 valence electrons. The number of hydrogen-bond acceptors (Lipinski definition) is 4. The smallest absolute Gasteiger partial charge is 0.167 e. The van der Waals surface area contributed by atoms with Crippen LogP contribution in [-0.2, 0) is 6.54 Å². The lowest BCUT2D eigenvalue weighted by molar-refractivity contribution is 0.471. The van der Waals surface area contributed by atoms with Crippen LogP contribution in [0.1, 0.15) is 45.0 Å². The fourth-order valence-corrected chi connectivity index (χ4v) is 1.79. The van der Waals surface area contributed by atoms with Gasteiger partial charge >= 0.3 is 0 Å². The van der Waals surface area contributed by atoms with Crippen LogP contribution in [0.4, 0.5) is 0 Å². The average Bonchev–Trinajstić information content (AvgIpc) is 2.93. The summed E-state index contributed by atoms with van der Waals surface area (Å²) in [5.74, 6) is 1.88. The Morgan fingerprint density at radius 2 is 2.33 bits per heavy atom. The zero-order valence-electron chi connectivity index (χ0n) is 9.48. The Hall–Kier alpha value is -0.970. The molecule has 1 fully saturated rings. The summed E-state index contributed by atoms with van der Waals surface area (Å²) in [6.45, 7) is 6.09. The van der Waals surface area contributed by atoms with E-state index in [-0.39, 0.29) is 6.04 Å². The van der Waals surface area contributed by atoms with Crippen molar-refractivity contribution in [2.45, 2.75) is 45.7 Å². The topological polar surface area (TPSA) is 55.6 Å². The maximum atomic E-state index is 4.07. The van der Waals surface area contributed by atoms with Crippen LogP contribution in [0.25, 0.3) is 0 Å². The minimum absolute atomic E-state index is 0.240. The Kier molecular flexibility index (Phi) is 3.30. The minimum Gasteiger partial charge on any atom is -0.308 e. The summed E-state index contributed by atoms with van der Waals surface area (Å²) in [5.41, 5.74) is 0. The molecule has 1 saturated carbocycles. The number of aryl methyl sites for hydroxylation is 1. The quantitative estimate of drug-likeness (QED) is 0.763. The summed E-state index contributed by atoms with van der Waals surface area (Å²) in [7, 11) is 0. The highest BCUT2D eigenvalue weighted by Gasteiger charge is 2.22. The zero-order chi connectivity index (χ0) is 10.7. The highest BCUT2D eigenvalue weighted by Crippen LogP contribution is 2.32. The SMILES string of the molecule is CCNC(C)c1nnnn1CCC1CC1. The molecule has 1 aromatic heterocycles. The molecule has 1 aromatic rings. The second kappa shape index (κ2) is 4.70. The van der Waals surface area contributed by atoms with E-state index in [1.165, 1.54) is 19.3 Å². The van der Waals surface area contributed by atoms with Crippen molar-refractivity contribution in [2.75, 3.05) is 6.54 Å². The van der Waals surface area contributed by atoms with Crippen LogP contribution in [0, 0.1) is 5.92 Å². The highest BCUT2D eigenvalue weighted by atomic mass is 15.5. The molecule has 0 spiro atoms. The molecule has 5 nitrogen and oxygen atoms in total. The van der Waals surface area contributed by atoms with Crippen molar-refractivity contribution in [3.8, 4) is 0 Å². The van der Waals surface area contributed by atoms with Crippen molar-refractivity contribution in [1.82, 2.24) is 25.5 Å². The zero-order valence-corrected chi connectivity index (χ0v) is 9.48. The van der Waals surface area contributed by atoms with Gasteiger partial charge in [0.05, 0.1) is 6.04 Å². The van der Waals surface area contributed by atoms with Gasteiger partial charge in [0, 0.05) is 6.54 Å². The van der Waals surface area contributed by atoms with Crippen LogP contribution in [0.2, 0.25) is 0 Å². The molecule has 2 rings (SSSR count). The van der Waals surface area contributed by atoms with E-state index in [4.69, 9.17) is 0 Å². The number of aromatic nitrogens is 4. The first-order valence-corrected chi connectivity index (χ1v) is 5.80. The average molecular weight is 209 g/mol. The second-order valence-electron chi connectivity index (χ2n) is 4.27. The first kappa shape index (κ1) is 10.5. The van der Waals surface area contributed by atoms with Gasteiger partial charge in [0.25, 0.3) is 0 Å². The van der Waals surface area contributed by atoms with Gasteiger partial charge in [-0.05, 0) is 36.2 Å². The van der Waals surface area contributed by atoms with E-state index in [1.807, 2.05) is 4.68 Å². The summed E-state index contributed by atoms with van der Waals surface area (Å²) in [6.07, 6.45) is 4.00. The Labute approximate surface area is 90.2 Å². The molecule has 5 heteroatoms. The molecule has 1 unspecified atom stereocenters. The van der Waals surface area contributed by atoms with Crippen LogP contribution >= 0.6 is 0 Å². The Balaban J connectivity index is 1.93. The fraction of sp³-hybridized carbons (Fsp3) is 0.900. The summed E-state index contributed by atoms with van der Waals surface area (Å²) >= 11 is 0. The van der Waals surface area contributed by atoms with E-state index in [2.05, 4.69) is 34.7 Å². The van der Waals surface area contributed by atoms with Crippen molar-refractivity contribution >= 4 is 0 Å². The van der Waals surface area contributed by atoms with Crippen LogP contribution in [0.15, 0.2) is 0 Å². The predicted octanol–water partition coefficient (Wildman–Crippen LogP) is 1.14. The molecule has 0 aromatic carbocycles. The summed E-state index contributed by atoms with van der Waals surface area (Å²) in [6, 6.07) is 0.240. The minimum atomic E-state index is 0.240. The lowest BCUT2D eigenvalue weighted by Gasteiger charge is -2.11. The van der Waals surface area contributed by atoms with Crippen molar-refractivity contribution in [2.24, 2.45) is 5.92 Å². The molecule has 15 heavy (non-hydrogen) atoms. The van der Waals surface area contributed by atoms with Gasteiger partial charge in [-0.2, -0.15) is 0 Å². The Morgan fingerprint density at radius 3 is 3.00 bits per heavy atom. The molecule has 1 aliphatic rings. The van der Waals surface area contributed by atoms with E-state index in [0.717, 1.165) is 24.8 Å². The van der Waals surface area contributed by atoms with Crippen molar-refractivity contribution in [1.29, 1.82) is 0 Å². The largest absolute Gasteiger partial charge is 0.308 e. The van der Waals surface area contributed by atoms with Gasteiger partial charge in [-0.25, -0.2) is 4.68 Å². The maximum Gasteiger partial charge on any atom is 0.167 e. The molecule has 0 aliphatic heterocycles. The van der Waals surface area contributed by atoms with Gasteiger partial charge < -0.3 is 5.32 Å².